The van der Waals surface area contributed by atoms with Gasteiger partial charge in [0.1, 0.15) is 6.20 Å². The van der Waals surface area contributed by atoms with Crippen LogP contribution in [0, 0.1) is 10.1 Å². The zero-order valence-electron chi connectivity index (χ0n) is 7.09. The molecule has 0 fully saturated rings. The van der Waals surface area contributed by atoms with Crippen LogP contribution in [0.5, 0.6) is 0 Å². The number of halogens is 2. The lowest BCUT2D eigenvalue weighted by atomic mass is 10.2. The first-order chi connectivity index (χ1) is 6.45. The van der Waals surface area contributed by atoms with Gasteiger partial charge in [-0.25, -0.2) is 8.78 Å². The van der Waals surface area contributed by atoms with E-state index in [0.717, 1.165) is 10.9 Å². The molecule has 0 spiro atoms. The molecule has 0 aliphatic rings. The molecule has 14 heavy (non-hydrogen) atoms. The summed E-state index contributed by atoms with van der Waals surface area (Å²) in [6.45, 7) is 0. The lowest BCUT2D eigenvalue weighted by Crippen LogP contribution is -2.14. The van der Waals surface area contributed by atoms with Gasteiger partial charge in [0.25, 0.3) is 6.43 Å². The van der Waals surface area contributed by atoms with E-state index in [9.17, 15) is 18.9 Å². The molecule has 1 heterocycles. The van der Waals surface area contributed by atoms with Gasteiger partial charge in [-0.05, 0) is 0 Å². The fourth-order valence-electron chi connectivity index (χ4n) is 1.04. The smallest absolute Gasteiger partial charge is 0.313 e. The van der Waals surface area contributed by atoms with Crippen molar-refractivity contribution in [3.63, 3.8) is 0 Å². The number of aliphatic hydroxyl groups is 1. The Kier molecular flexibility index (Phi) is 2.75. The Morgan fingerprint density at radius 2 is 2.29 bits per heavy atom. The summed E-state index contributed by atoms with van der Waals surface area (Å²) in [7, 11) is 1.24. The molecular formula is C6H7F2N3O3. The van der Waals surface area contributed by atoms with Crippen molar-refractivity contribution in [1.29, 1.82) is 0 Å². The molecule has 0 radical (unpaired) electrons. The summed E-state index contributed by atoms with van der Waals surface area (Å²) in [6, 6.07) is 0. The SMILES string of the molecule is Cn1ncc([N+](=O)[O-])c1C(O)C(F)F. The number of hydrogen-bond acceptors (Lipinski definition) is 4. The second-order valence-electron chi connectivity index (χ2n) is 2.58. The van der Waals surface area contributed by atoms with Gasteiger partial charge in [-0.3, -0.25) is 14.8 Å². The maximum atomic E-state index is 12.1. The molecule has 1 aromatic heterocycles. The molecule has 0 saturated carbocycles. The van der Waals surface area contributed by atoms with Gasteiger partial charge in [0.15, 0.2) is 11.8 Å². The largest absolute Gasteiger partial charge is 0.381 e. The monoisotopic (exact) mass is 207 g/mol. The van der Waals surface area contributed by atoms with Crippen LogP contribution in [-0.2, 0) is 7.05 Å². The Hall–Kier alpha value is -1.57. The van der Waals surface area contributed by atoms with E-state index in [0.29, 0.717) is 0 Å². The molecule has 1 unspecified atom stereocenters. The van der Waals surface area contributed by atoms with Crippen LogP contribution in [0.3, 0.4) is 0 Å². The van der Waals surface area contributed by atoms with E-state index in [1.165, 1.54) is 7.05 Å². The molecule has 8 heteroatoms. The Morgan fingerprint density at radius 1 is 1.71 bits per heavy atom. The molecule has 0 bridgehead atoms. The van der Waals surface area contributed by atoms with E-state index in [4.69, 9.17) is 5.11 Å². The highest BCUT2D eigenvalue weighted by atomic mass is 19.3. The van der Waals surface area contributed by atoms with Crippen LogP contribution in [0.4, 0.5) is 14.5 Å². The molecule has 0 saturated heterocycles. The third-order valence-electron chi connectivity index (χ3n) is 1.68. The van der Waals surface area contributed by atoms with Crippen molar-refractivity contribution in [2.75, 3.05) is 0 Å². The molecule has 6 nitrogen and oxygen atoms in total. The van der Waals surface area contributed by atoms with Gasteiger partial charge in [-0.1, -0.05) is 0 Å². The van der Waals surface area contributed by atoms with E-state index in [-0.39, 0.29) is 0 Å². The molecule has 0 aliphatic carbocycles. The third-order valence-corrected chi connectivity index (χ3v) is 1.68. The highest BCUT2D eigenvalue weighted by molar-refractivity contribution is 5.34. The van der Waals surface area contributed by atoms with E-state index in [1.54, 1.807) is 0 Å². The molecular weight excluding hydrogens is 200 g/mol. The minimum Gasteiger partial charge on any atom is -0.381 e. The molecule has 78 valence electrons. The highest BCUT2D eigenvalue weighted by Crippen LogP contribution is 2.27. The topological polar surface area (TPSA) is 81.2 Å². The Labute approximate surface area is 76.9 Å². The number of nitro groups is 1. The van der Waals surface area contributed by atoms with Gasteiger partial charge in [-0.2, -0.15) is 5.10 Å². The van der Waals surface area contributed by atoms with Crippen LogP contribution in [0.25, 0.3) is 0 Å². The van der Waals surface area contributed by atoms with Crippen molar-refractivity contribution in [3.05, 3.63) is 22.0 Å². The van der Waals surface area contributed by atoms with Gasteiger partial charge in [0.05, 0.1) is 4.92 Å². The zero-order chi connectivity index (χ0) is 10.9. The van der Waals surface area contributed by atoms with Crippen molar-refractivity contribution in [2.24, 2.45) is 7.05 Å². The number of aromatic nitrogens is 2. The van der Waals surface area contributed by atoms with E-state index >= 15 is 0 Å². The Bertz CT molecular complexity index is 352. The number of hydrogen-bond donors (Lipinski definition) is 1. The molecule has 1 N–H and O–H groups in total. The summed E-state index contributed by atoms with van der Waals surface area (Å²) in [4.78, 5) is 9.49. The van der Waals surface area contributed by atoms with Crippen LogP contribution in [0.15, 0.2) is 6.20 Å². The van der Waals surface area contributed by atoms with Crippen molar-refractivity contribution < 1.29 is 18.8 Å². The van der Waals surface area contributed by atoms with Crippen LogP contribution < -0.4 is 0 Å². The predicted molar refractivity (Wildman–Crippen MR) is 40.8 cm³/mol. The maximum Gasteiger partial charge on any atom is 0.313 e. The van der Waals surface area contributed by atoms with Crippen LogP contribution in [0.1, 0.15) is 11.8 Å². The second kappa shape index (κ2) is 3.66. The lowest BCUT2D eigenvalue weighted by molar-refractivity contribution is -0.386. The average molecular weight is 207 g/mol. The zero-order valence-corrected chi connectivity index (χ0v) is 7.09. The van der Waals surface area contributed by atoms with E-state index in [1.807, 2.05) is 0 Å². The number of rotatable bonds is 3. The second-order valence-corrected chi connectivity index (χ2v) is 2.58. The number of aliphatic hydroxyl groups excluding tert-OH is 1. The molecule has 1 rings (SSSR count). The minimum atomic E-state index is -3.08. The summed E-state index contributed by atoms with van der Waals surface area (Å²) in [6.07, 6.45) is -4.45. The van der Waals surface area contributed by atoms with Crippen LogP contribution >= 0.6 is 0 Å². The maximum absolute atomic E-state index is 12.1. The first kappa shape index (κ1) is 10.5. The van der Waals surface area contributed by atoms with Crippen LogP contribution in [0.2, 0.25) is 0 Å². The fourth-order valence-corrected chi connectivity index (χ4v) is 1.04. The molecule has 0 amide bonds. The molecule has 0 aliphatic heterocycles. The summed E-state index contributed by atoms with van der Waals surface area (Å²) in [5.41, 5.74) is -1.11. The Morgan fingerprint density at radius 3 is 2.71 bits per heavy atom. The van der Waals surface area contributed by atoms with Crippen molar-refractivity contribution >= 4 is 5.69 Å². The van der Waals surface area contributed by atoms with Crippen molar-refractivity contribution in [3.8, 4) is 0 Å². The summed E-state index contributed by atoms with van der Waals surface area (Å²) < 4.78 is 25.1. The first-order valence-electron chi connectivity index (χ1n) is 3.57. The van der Waals surface area contributed by atoms with Crippen molar-refractivity contribution in [1.82, 2.24) is 9.78 Å². The van der Waals surface area contributed by atoms with E-state index < -0.39 is 28.8 Å². The quantitative estimate of drug-likeness (QED) is 0.582. The molecule has 1 atom stereocenters. The standard InChI is InChI=1S/C6H7F2N3O3/c1-10-4(5(12)6(7)8)3(2-9-10)11(13)14/h2,5-6,12H,1H3. The summed E-state index contributed by atoms with van der Waals surface area (Å²) >= 11 is 0. The van der Waals surface area contributed by atoms with Gasteiger partial charge < -0.3 is 5.11 Å². The van der Waals surface area contributed by atoms with Gasteiger partial charge in [-0.15, -0.1) is 0 Å². The summed E-state index contributed by atoms with van der Waals surface area (Å²) in [5, 5.41) is 22.8. The van der Waals surface area contributed by atoms with E-state index in [2.05, 4.69) is 5.10 Å². The van der Waals surface area contributed by atoms with Crippen LogP contribution in [-0.4, -0.2) is 26.2 Å². The number of alkyl halides is 2. The highest BCUT2D eigenvalue weighted by Gasteiger charge is 2.31. The predicted octanol–water partition coefficient (Wildman–Crippen LogP) is 0.627. The number of nitrogens with zero attached hydrogens (tertiary/aromatic N) is 3. The normalized spacial score (nSPS) is 13.2. The first-order valence-corrected chi connectivity index (χ1v) is 3.57. The fraction of sp³-hybridized carbons (Fsp3) is 0.500. The van der Waals surface area contributed by atoms with Gasteiger partial charge in [0, 0.05) is 7.05 Å². The molecule has 1 aromatic rings. The Balaban J connectivity index is 3.17. The average Bonchev–Trinajstić information content (AvgIpc) is 2.45. The van der Waals surface area contributed by atoms with Gasteiger partial charge >= 0.3 is 5.69 Å². The number of aryl methyl sites for hydroxylation is 1. The lowest BCUT2D eigenvalue weighted by Gasteiger charge is -2.08. The van der Waals surface area contributed by atoms with Gasteiger partial charge in [0.2, 0.25) is 0 Å². The minimum absolute atomic E-state index is 0.495. The van der Waals surface area contributed by atoms with Crippen molar-refractivity contribution in [2.45, 2.75) is 12.5 Å². The third kappa shape index (κ3) is 1.69. The summed E-state index contributed by atoms with van der Waals surface area (Å²) in [5.74, 6) is 0. The molecule has 0 aromatic carbocycles.